The molecule has 2 fully saturated rings. The van der Waals surface area contributed by atoms with Gasteiger partial charge in [0, 0.05) is 23.1 Å². The van der Waals surface area contributed by atoms with Gasteiger partial charge >= 0.3 is 0 Å². The second-order valence-corrected chi connectivity index (χ2v) is 12.3. The second-order valence-electron chi connectivity index (χ2n) is 10.1. The van der Waals surface area contributed by atoms with Gasteiger partial charge in [0.2, 0.25) is 5.91 Å². The quantitative estimate of drug-likeness (QED) is 0.645. The van der Waals surface area contributed by atoms with Crippen molar-refractivity contribution in [1.82, 2.24) is 15.3 Å². The molecule has 0 aromatic carbocycles. The maximum absolute atomic E-state index is 12.6. The molecule has 0 saturated heterocycles. The van der Waals surface area contributed by atoms with E-state index in [0.29, 0.717) is 23.6 Å². The van der Waals surface area contributed by atoms with E-state index in [-0.39, 0.29) is 16.9 Å². The molecule has 2 bridgehead atoms. The number of H-pyrrole nitrogens is 1. The van der Waals surface area contributed by atoms with Crippen LogP contribution in [0.1, 0.15) is 69.1 Å². The van der Waals surface area contributed by atoms with Crippen LogP contribution in [0.4, 0.5) is 0 Å². The first-order chi connectivity index (χ1) is 14.3. The zero-order valence-corrected chi connectivity index (χ0v) is 19.7. The number of hydrogen-bond donors (Lipinski definition) is 2. The number of rotatable bonds is 6. The van der Waals surface area contributed by atoms with Crippen LogP contribution in [0.5, 0.6) is 0 Å². The molecular formula is C23H31N3O2S2. The molecule has 3 unspecified atom stereocenters. The average Bonchev–Trinajstić information content (AvgIpc) is 3.36. The van der Waals surface area contributed by atoms with Crippen LogP contribution in [0.25, 0.3) is 10.2 Å². The van der Waals surface area contributed by atoms with Crippen molar-refractivity contribution < 1.29 is 4.79 Å². The number of thiophene rings is 1. The highest BCUT2D eigenvalue weighted by molar-refractivity contribution is 7.98. The maximum Gasteiger partial charge on any atom is 0.259 e. The monoisotopic (exact) mass is 445 g/mol. The van der Waals surface area contributed by atoms with Crippen molar-refractivity contribution in [3.63, 3.8) is 0 Å². The summed E-state index contributed by atoms with van der Waals surface area (Å²) < 4.78 is 0. The lowest BCUT2D eigenvalue weighted by molar-refractivity contribution is -0.122. The Morgan fingerprint density at radius 1 is 1.33 bits per heavy atom. The summed E-state index contributed by atoms with van der Waals surface area (Å²) in [5, 5.41) is 4.14. The van der Waals surface area contributed by atoms with Gasteiger partial charge < -0.3 is 10.3 Å². The number of thioether (sulfide) groups is 1. The van der Waals surface area contributed by atoms with Crippen LogP contribution in [0.3, 0.4) is 0 Å². The molecule has 2 saturated carbocycles. The van der Waals surface area contributed by atoms with E-state index >= 15 is 0 Å². The summed E-state index contributed by atoms with van der Waals surface area (Å²) in [5.41, 5.74) is 1.76. The number of amides is 1. The lowest BCUT2D eigenvalue weighted by Gasteiger charge is -2.39. The van der Waals surface area contributed by atoms with Crippen LogP contribution < -0.4 is 10.9 Å². The summed E-state index contributed by atoms with van der Waals surface area (Å²) in [7, 11) is 0. The summed E-state index contributed by atoms with van der Waals surface area (Å²) in [5.74, 6) is 2.99. The first kappa shape index (κ1) is 20.6. The molecule has 3 aliphatic carbocycles. The summed E-state index contributed by atoms with van der Waals surface area (Å²) in [6.07, 6.45) is 7.38. The molecule has 3 aliphatic rings. The van der Waals surface area contributed by atoms with E-state index in [1.54, 1.807) is 23.1 Å². The Labute approximate surface area is 185 Å². The molecule has 2 heterocycles. The van der Waals surface area contributed by atoms with Crippen molar-refractivity contribution in [3.05, 3.63) is 26.6 Å². The van der Waals surface area contributed by atoms with E-state index in [1.807, 2.05) is 0 Å². The Morgan fingerprint density at radius 3 is 2.90 bits per heavy atom. The number of nitrogens with one attached hydrogen (secondary N) is 2. The van der Waals surface area contributed by atoms with E-state index in [9.17, 15) is 9.59 Å². The molecule has 2 aromatic heterocycles. The SMILES string of the molecule is CC1(C)C2CCC1(C)C(NC(=O)CCSCc1nc3sc4c(c3c(=O)[nH]1)CCC4)C2. The zero-order valence-electron chi connectivity index (χ0n) is 18.1. The van der Waals surface area contributed by atoms with Crippen molar-refractivity contribution >= 4 is 39.2 Å². The molecule has 7 heteroatoms. The maximum atomic E-state index is 12.6. The van der Waals surface area contributed by atoms with E-state index in [0.717, 1.165) is 53.4 Å². The minimum absolute atomic E-state index is 0.000104. The van der Waals surface area contributed by atoms with Gasteiger partial charge in [0.1, 0.15) is 10.7 Å². The molecule has 2 N–H and O–H groups in total. The van der Waals surface area contributed by atoms with E-state index in [1.165, 1.54) is 23.3 Å². The molecular weight excluding hydrogens is 414 g/mol. The van der Waals surface area contributed by atoms with Crippen molar-refractivity contribution in [3.8, 4) is 0 Å². The fourth-order valence-electron chi connectivity index (χ4n) is 6.14. The third kappa shape index (κ3) is 3.15. The van der Waals surface area contributed by atoms with Crippen LogP contribution in [0.2, 0.25) is 0 Å². The van der Waals surface area contributed by atoms with Crippen molar-refractivity contribution in [2.75, 3.05) is 5.75 Å². The molecule has 2 aromatic rings. The summed E-state index contributed by atoms with van der Waals surface area (Å²) >= 11 is 3.34. The summed E-state index contributed by atoms with van der Waals surface area (Å²) in [4.78, 5) is 35.0. The Hall–Kier alpha value is -1.34. The molecule has 1 amide bonds. The number of aryl methyl sites for hydroxylation is 2. The number of fused-ring (bicyclic) bond motifs is 5. The minimum atomic E-state index is -0.000104. The van der Waals surface area contributed by atoms with Gasteiger partial charge in [0.15, 0.2) is 0 Å². The fourth-order valence-corrected chi connectivity index (χ4v) is 8.22. The molecule has 5 rings (SSSR count). The highest BCUT2D eigenvalue weighted by Gasteiger charge is 2.61. The standard InChI is InChI=1S/C23H31N3O2S2/c1-22(2)13-7-9-23(22,3)16(11-13)24-18(27)8-10-29-12-17-25-20(28)19-14-5-4-6-15(14)30-21(19)26-17/h13,16H,4-12H2,1-3H3,(H,24,27)(H,25,26,28). The predicted octanol–water partition coefficient (Wildman–Crippen LogP) is 4.43. The van der Waals surface area contributed by atoms with Gasteiger partial charge in [-0.3, -0.25) is 9.59 Å². The molecule has 0 spiro atoms. The lowest BCUT2D eigenvalue weighted by Crippen LogP contribution is -2.46. The number of aromatic amines is 1. The molecule has 5 nitrogen and oxygen atoms in total. The largest absolute Gasteiger partial charge is 0.353 e. The van der Waals surface area contributed by atoms with Crippen LogP contribution in [0, 0.1) is 16.7 Å². The number of nitrogens with zero attached hydrogens (tertiary/aromatic N) is 1. The van der Waals surface area contributed by atoms with Crippen molar-refractivity contribution in [2.24, 2.45) is 16.7 Å². The van der Waals surface area contributed by atoms with Crippen LogP contribution in [-0.4, -0.2) is 27.7 Å². The van der Waals surface area contributed by atoms with Gasteiger partial charge in [-0.15, -0.1) is 11.3 Å². The third-order valence-electron chi connectivity index (χ3n) is 8.47. The van der Waals surface area contributed by atoms with Gasteiger partial charge in [0.05, 0.1) is 11.1 Å². The lowest BCUT2D eigenvalue weighted by atomic mass is 9.69. The van der Waals surface area contributed by atoms with Gasteiger partial charge in [0.25, 0.3) is 5.56 Å². The van der Waals surface area contributed by atoms with Gasteiger partial charge in [-0.05, 0) is 60.8 Å². The first-order valence-electron chi connectivity index (χ1n) is 11.2. The Bertz CT molecular complexity index is 1060. The average molecular weight is 446 g/mol. The van der Waals surface area contributed by atoms with Crippen molar-refractivity contribution in [1.29, 1.82) is 0 Å². The topological polar surface area (TPSA) is 74.8 Å². The first-order valence-corrected chi connectivity index (χ1v) is 13.2. The van der Waals surface area contributed by atoms with Crippen molar-refractivity contribution in [2.45, 2.75) is 77.5 Å². The van der Waals surface area contributed by atoms with Gasteiger partial charge in [-0.1, -0.05) is 20.8 Å². The summed E-state index contributed by atoms with van der Waals surface area (Å²) in [6.45, 7) is 7.11. The smallest absolute Gasteiger partial charge is 0.259 e. The third-order valence-corrected chi connectivity index (χ3v) is 10.6. The van der Waals surface area contributed by atoms with Gasteiger partial charge in [-0.25, -0.2) is 4.98 Å². The Balaban J connectivity index is 1.14. The Morgan fingerprint density at radius 2 is 2.17 bits per heavy atom. The molecule has 0 radical (unpaired) electrons. The Kier molecular flexibility index (Phi) is 5.05. The number of carbonyl (C=O) groups excluding carboxylic acids is 1. The number of carbonyl (C=O) groups is 1. The highest BCUT2D eigenvalue weighted by atomic mass is 32.2. The fraction of sp³-hybridized carbons (Fsp3) is 0.696. The normalized spacial score (nSPS) is 28.9. The van der Waals surface area contributed by atoms with E-state index in [2.05, 4.69) is 31.1 Å². The highest BCUT2D eigenvalue weighted by Crippen LogP contribution is 2.65. The molecule has 30 heavy (non-hydrogen) atoms. The molecule has 3 atom stereocenters. The second kappa shape index (κ2) is 7.37. The predicted molar refractivity (Wildman–Crippen MR) is 124 cm³/mol. The van der Waals surface area contributed by atoms with Crippen LogP contribution in [0.15, 0.2) is 4.79 Å². The van der Waals surface area contributed by atoms with E-state index < -0.39 is 0 Å². The van der Waals surface area contributed by atoms with Crippen LogP contribution in [-0.2, 0) is 23.4 Å². The molecule has 162 valence electrons. The van der Waals surface area contributed by atoms with Gasteiger partial charge in [-0.2, -0.15) is 11.8 Å². The number of hydrogen-bond acceptors (Lipinski definition) is 5. The summed E-state index contributed by atoms with van der Waals surface area (Å²) in [6, 6.07) is 0.310. The minimum Gasteiger partial charge on any atom is -0.353 e. The number of aromatic nitrogens is 2. The van der Waals surface area contributed by atoms with Crippen LogP contribution >= 0.6 is 23.1 Å². The van der Waals surface area contributed by atoms with E-state index in [4.69, 9.17) is 4.98 Å². The molecule has 0 aliphatic heterocycles. The zero-order chi connectivity index (χ0) is 21.1.